The summed E-state index contributed by atoms with van der Waals surface area (Å²) in [5, 5.41) is 8.06. The Kier molecular flexibility index (Phi) is 16.8. The minimum atomic E-state index is -0.614. The number of allylic oxidation sites excluding steroid dienone is 7. The van der Waals surface area contributed by atoms with Crippen LogP contribution in [0.5, 0.6) is 0 Å². The maximum atomic E-state index is 10.6. The molecule has 0 aliphatic carbocycles. The molecule has 0 aromatic carbocycles. The summed E-state index contributed by atoms with van der Waals surface area (Å²) < 4.78 is 0. The first kappa shape index (κ1) is 21.2. The van der Waals surface area contributed by atoms with Gasteiger partial charge in [0.05, 0.1) is 6.42 Å². The molecular weight excluding hydrogens is 288 g/mol. The molecular formula is C20H30O3. The van der Waals surface area contributed by atoms with Gasteiger partial charge < -0.3 is 4.89 Å². The van der Waals surface area contributed by atoms with Gasteiger partial charge in [-0.3, -0.25) is 0 Å². The second-order valence-corrected chi connectivity index (χ2v) is 5.29. The van der Waals surface area contributed by atoms with E-state index in [0.717, 1.165) is 6.42 Å². The zero-order valence-electron chi connectivity index (χ0n) is 14.2. The van der Waals surface area contributed by atoms with Gasteiger partial charge in [-0.2, -0.15) is 5.26 Å². The van der Waals surface area contributed by atoms with Crippen LogP contribution in [0.3, 0.4) is 0 Å². The van der Waals surface area contributed by atoms with E-state index < -0.39 is 5.97 Å². The maximum Gasteiger partial charge on any atom is 0.342 e. The second kappa shape index (κ2) is 18.2. The average molecular weight is 318 g/mol. The van der Waals surface area contributed by atoms with Crippen molar-refractivity contribution in [1.29, 1.82) is 0 Å². The number of rotatable bonds is 13. The Morgan fingerprint density at radius 3 is 2.43 bits per heavy atom. The lowest BCUT2D eigenvalue weighted by Gasteiger charge is -1.96. The Morgan fingerprint density at radius 2 is 1.65 bits per heavy atom. The second-order valence-electron chi connectivity index (χ2n) is 5.29. The molecule has 0 spiro atoms. The van der Waals surface area contributed by atoms with E-state index >= 15 is 0 Å². The smallest absolute Gasteiger partial charge is 0.301 e. The molecule has 0 fully saturated rings. The number of hydrogen-bond donors (Lipinski definition) is 1. The van der Waals surface area contributed by atoms with E-state index in [1.54, 1.807) is 0 Å². The highest BCUT2D eigenvalue weighted by Crippen LogP contribution is 2.06. The summed E-state index contributed by atoms with van der Waals surface area (Å²) in [6.45, 7) is 2.24. The van der Waals surface area contributed by atoms with Gasteiger partial charge in [0.1, 0.15) is 0 Å². The van der Waals surface area contributed by atoms with Crippen molar-refractivity contribution in [2.24, 2.45) is 0 Å². The summed E-state index contributed by atoms with van der Waals surface area (Å²) in [6.07, 6.45) is 25.1. The zero-order chi connectivity index (χ0) is 17.0. The summed E-state index contributed by atoms with van der Waals surface area (Å²) in [4.78, 5) is 14.2. The molecule has 128 valence electrons. The van der Waals surface area contributed by atoms with Crippen molar-refractivity contribution in [3.8, 4) is 0 Å². The summed E-state index contributed by atoms with van der Waals surface area (Å²) in [5.41, 5.74) is 3.15. The van der Waals surface area contributed by atoms with Gasteiger partial charge in [0.2, 0.25) is 0 Å². The average Bonchev–Trinajstić information content (AvgIpc) is 2.57. The van der Waals surface area contributed by atoms with E-state index in [1.165, 1.54) is 38.5 Å². The highest BCUT2D eigenvalue weighted by molar-refractivity contribution is 5.68. The van der Waals surface area contributed by atoms with Crippen LogP contribution >= 0.6 is 0 Å². The Bertz CT molecular complexity index is 424. The monoisotopic (exact) mass is 318 g/mol. The van der Waals surface area contributed by atoms with Gasteiger partial charge in [-0.1, -0.05) is 75.5 Å². The molecule has 0 saturated heterocycles. The van der Waals surface area contributed by atoms with Gasteiger partial charge in [0, 0.05) is 0 Å². The molecule has 1 N–H and O–H groups in total. The van der Waals surface area contributed by atoms with Crippen molar-refractivity contribution in [1.82, 2.24) is 0 Å². The van der Waals surface area contributed by atoms with Gasteiger partial charge in [-0.25, -0.2) is 4.79 Å². The highest BCUT2D eigenvalue weighted by atomic mass is 17.1. The van der Waals surface area contributed by atoms with Crippen LogP contribution in [-0.2, 0) is 9.68 Å². The van der Waals surface area contributed by atoms with Crippen LogP contribution in [0.15, 0.2) is 54.3 Å². The molecule has 0 atom stereocenters. The Labute approximate surface area is 140 Å². The minimum Gasteiger partial charge on any atom is -0.301 e. The van der Waals surface area contributed by atoms with Crippen LogP contribution in [0.1, 0.15) is 64.7 Å². The van der Waals surface area contributed by atoms with Crippen LogP contribution in [0.4, 0.5) is 0 Å². The third-order valence-corrected chi connectivity index (χ3v) is 3.21. The number of carbonyl (C=O) groups is 1. The number of hydrogen-bond acceptors (Lipinski definition) is 3. The predicted molar refractivity (Wildman–Crippen MR) is 96.0 cm³/mol. The largest absolute Gasteiger partial charge is 0.342 e. The van der Waals surface area contributed by atoms with E-state index in [-0.39, 0.29) is 6.42 Å². The van der Waals surface area contributed by atoms with Gasteiger partial charge in [0.15, 0.2) is 0 Å². The van der Waals surface area contributed by atoms with Crippen LogP contribution < -0.4 is 0 Å². The van der Waals surface area contributed by atoms with Gasteiger partial charge in [-0.15, -0.1) is 5.73 Å². The van der Waals surface area contributed by atoms with Gasteiger partial charge in [0.25, 0.3) is 0 Å². The fraction of sp³-hybridized carbons (Fsp3) is 0.500. The summed E-state index contributed by atoms with van der Waals surface area (Å²) in [6, 6.07) is 0. The van der Waals surface area contributed by atoms with Crippen LogP contribution in [0.2, 0.25) is 0 Å². The van der Waals surface area contributed by atoms with Crippen molar-refractivity contribution < 1.29 is 14.9 Å². The maximum absolute atomic E-state index is 10.6. The number of unbranched alkanes of at least 4 members (excludes halogenated alkanes) is 6. The van der Waals surface area contributed by atoms with Crippen molar-refractivity contribution in [3.63, 3.8) is 0 Å². The topological polar surface area (TPSA) is 46.5 Å². The van der Waals surface area contributed by atoms with Crippen LogP contribution in [0.25, 0.3) is 0 Å². The van der Waals surface area contributed by atoms with Crippen molar-refractivity contribution in [3.05, 3.63) is 54.3 Å². The van der Waals surface area contributed by atoms with E-state index in [9.17, 15) is 4.79 Å². The van der Waals surface area contributed by atoms with Gasteiger partial charge in [-0.05, 0) is 31.4 Å². The quantitative estimate of drug-likeness (QED) is 0.151. The number of carbonyl (C=O) groups excluding carboxylic acids is 1. The van der Waals surface area contributed by atoms with Crippen LogP contribution in [-0.4, -0.2) is 11.2 Å². The molecule has 0 radical (unpaired) electrons. The van der Waals surface area contributed by atoms with Crippen molar-refractivity contribution in [2.45, 2.75) is 64.7 Å². The van der Waals surface area contributed by atoms with Gasteiger partial charge >= 0.3 is 5.97 Å². The summed E-state index contributed by atoms with van der Waals surface area (Å²) >= 11 is 0. The first-order valence-electron chi connectivity index (χ1n) is 8.55. The molecule has 0 saturated carbocycles. The first-order chi connectivity index (χ1) is 11.3. The molecule has 23 heavy (non-hydrogen) atoms. The highest BCUT2D eigenvalue weighted by Gasteiger charge is 1.97. The molecule has 0 bridgehead atoms. The molecule has 3 heteroatoms. The van der Waals surface area contributed by atoms with E-state index in [0.29, 0.717) is 6.42 Å². The molecule has 0 heterocycles. The Hall–Kier alpha value is -1.83. The SMILES string of the molecule is CCCCCCCCC=C=C/C=C/C=C/C=C/CCC(=O)OO. The Morgan fingerprint density at radius 1 is 0.957 bits per heavy atom. The lowest BCUT2D eigenvalue weighted by Crippen LogP contribution is -1.98. The molecule has 0 aromatic rings. The predicted octanol–water partition coefficient (Wildman–Crippen LogP) is 5.91. The third kappa shape index (κ3) is 18.1. The normalized spacial score (nSPS) is 11.2. The van der Waals surface area contributed by atoms with E-state index in [4.69, 9.17) is 5.26 Å². The summed E-state index contributed by atoms with van der Waals surface area (Å²) in [5.74, 6) is -0.614. The minimum absolute atomic E-state index is 0.183. The lowest BCUT2D eigenvalue weighted by molar-refractivity contribution is -0.234. The first-order valence-corrected chi connectivity index (χ1v) is 8.55. The molecule has 0 aromatic heterocycles. The standard InChI is InChI=1S/C20H30O3/c1-2-3-4-5-6-7-8-9-10-11-12-13-14-15-16-17-18-19-20(21)23-22/h9,11-17,22H,2-8,18-19H2,1H3/b13-12+,15-14+,17-16+. The van der Waals surface area contributed by atoms with Crippen LogP contribution in [0, 0.1) is 0 Å². The zero-order valence-corrected chi connectivity index (χ0v) is 14.2. The third-order valence-electron chi connectivity index (χ3n) is 3.21. The van der Waals surface area contributed by atoms with E-state index in [1.807, 2.05) is 42.5 Å². The Balaban J connectivity index is 3.60. The molecule has 0 aliphatic rings. The molecule has 0 unspecified atom stereocenters. The molecule has 0 aliphatic heterocycles. The van der Waals surface area contributed by atoms with Crippen molar-refractivity contribution >= 4 is 5.97 Å². The lowest BCUT2D eigenvalue weighted by atomic mass is 10.1. The fourth-order valence-electron chi connectivity index (χ4n) is 1.90. The molecule has 3 nitrogen and oxygen atoms in total. The molecule has 0 rings (SSSR count). The van der Waals surface area contributed by atoms with E-state index in [2.05, 4.69) is 23.6 Å². The fourth-order valence-corrected chi connectivity index (χ4v) is 1.90. The molecule has 0 amide bonds. The van der Waals surface area contributed by atoms with Crippen molar-refractivity contribution in [2.75, 3.05) is 0 Å². The summed E-state index contributed by atoms with van der Waals surface area (Å²) in [7, 11) is 0.